The maximum absolute atomic E-state index is 10.8. The minimum atomic E-state index is -0.686. The van der Waals surface area contributed by atoms with Crippen LogP contribution >= 0.6 is 15.9 Å². The summed E-state index contributed by atoms with van der Waals surface area (Å²) in [7, 11) is 0. The molecule has 0 atom stereocenters. The normalized spacial score (nSPS) is 11.0. The summed E-state index contributed by atoms with van der Waals surface area (Å²) < 4.78 is 1.68. The highest BCUT2D eigenvalue weighted by Crippen LogP contribution is 2.32. The highest BCUT2D eigenvalue weighted by Gasteiger charge is 2.17. The van der Waals surface area contributed by atoms with Gasteiger partial charge in [0.1, 0.15) is 0 Å². The van der Waals surface area contributed by atoms with E-state index in [1.807, 2.05) is 6.92 Å². The molecular weight excluding hydrogens is 358 g/mol. The number of nitro benzene ring substituents is 1. The average molecular weight is 370 g/mol. The number of rotatable bonds is 5. The van der Waals surface area contributed by atoms with Crippen LogP contribution in [0.3, 0.4) is 0 Å². The third-order valence-electron chi connectivity index (χ3n) is 2.73. The van der Waals surface area contributed by atoms with Gasteiger partial charge in [-0.15, -0.1) is 10.2 Å². The third kappa shape index (κ3) is 3.14. The van der Waals surface area contributed by atoms with Crippen molar-refractivity contribution in [2.75, 3.05) is 11.3 Å². The van der Waals surface area contributed by atoms with Gasteiger partial charge in [0, 0.05) is 22.5 Å². The number of phenols is 1. The Bertz CT molecular complexity index is 744. The molecule has 2 aromatic rings. The molecule has 0 aliphatic rings. The zero-order valence-electron chi connectivity index (χ0n) is 11.4. The molecule has 0 bridgehead atoms. The fourth-order valence-corrected chi connectivity index (χ4v) is 2.11. The molecule has 0 fully saturated rings. The van der Waals surface area contributed by atoms with E-state index in [2.05, 4.69) is 36.7 Å². The topological polar surface area (TPSA) is 144 Å². The van der Waals surface area contributed by atoms with E-state index in [4.69, 9.17) is 5.84 Å². The lowest BCUT2D eigenvalue weighted by Gasteiger charge is -2.03. The van der Waals surface area contributed by atoms with Gasteiger partial charge in [0.25, 0.3) is 5.95 Å². The molecule has 0 aliphatic carbocycles. The van der Waals surface area contributed by atoms with E-state index >= 15 is 0 Å². The second-order valence-corrected chi connectivity index (χ2v) is 5.07. The first kappa shape index (κ1) is 15.7. The number of benzene rings is 1. The third-order valence-corrected chi connectivity index (χ3v) is 3.19. The number of nitrogen functional groups attached to an aromatic ring is 1. The second-order valence-electron chi connectivity index (χ2n) is 4.15. The molecule has 10 nitrogen and oxygen atoms in total. The smallest absolute Gasteiger partial charge is 0.312 e. The van der Waals surface area contributed by atoms with E-state index in [0.29, 0.717) is 16.7 Å². The molecule has 1 heterocycles. The van der Waals surface area contributed by atoms with Crippen LogP contribution in [0.1, 0.15) is 18.3 Å². The predicted molar refractivity (Wildman–Crippen MR) is 83.2 cm³/mol. The van der Waals surface area contributed by atoms with Gasteiger partial charge >= 0.3 is 5.69 Å². The van der Waals surface area contributed by atoms with E-state index in [0.717, 1.165) is 0 Å². The van der Waals surface area contributed by atoms with E-state index in [-0.39, 0.29) is 11.5 Å². The molecule has 0 aliphatic heterocycles. The number of aryl methyl sites for hydroxylation is 1. The standard InChI is InChI=1S/C11H12BrN7O3/c1-2-9-15-17-11(18(9)13)16-14-5-6-3-7(12)4-8(10(6)20)19(21)22/h3-5,20H,2,13H2,1H3,(H,16,17)/b14-5+. The fourth-order valence-electron chi connectivity index (χ4n) is 1.64. The van der Waals surface area contributed by atoms with Crippen LogP contribution in [0.15, 0.2) is 21.7 Å². The number of hydrogen-bond donors (Lipinski definition) is 3. The van der Waals surface area contributed by atoms with Crippen LogP contribution in [-0.2, 0) is 6.42 Å². The van der Waals surface area contributed by atoms with Gasteiger partial charge in [-0.25, -0.2) is 10.1 Å². The van der Waals surface area contributed by atoms with E-state index < -0.39 is 16.4 Å². The van der Waals surface area contributed by atoms with Crippen LogP contribution in [0.4, 0.5) is 11.6 Å². The minimum Gasteiger partial charge on any atom is -0.502 e. The van der Waals surface area contributed by atoms with Crippen LogP contribution in [0.5, 0.6) is 5.75 Å². The van der Waals surface area contributed by atoms with Crippen LogP contribution in [0.2, 0.25) is 0 Å². The number of nitrogens with two attached hydrogens (primary N) is 1. The Morgan fingerprint density at radius 3 is 2.91 bits per heavy atom. The summed E-state index contributed by atoms with van der Waals surface area (Å²) >= 11 is 3.13. The van der Waals surface area contributed by atoms with Gasteiger partial charge in [-0.1, -0.05) is 22.9 Å². The zero-order valence-corrected chi connectivity index (χ0v) is 13.0. The number of nitrogens with one attached hydrogen (secondary N) is 1. The molecule has 22 heavy (non-hydrogen) atoms. The Balaban J connectivity index is 2.23. The number of nitro groups is 1. The highest BCUT2D eigenvalue weighted by atomic mass is 79.9. The first-order valence-electron chi connectivity index (χ1n) is 6.09. The van der Waals surface area contributed by atoms with Crippen molar-refractivity contribution in [3.05, 3.63) is 38.1 Å². The minimum absolute atomic E-state index is 0.160. The van der Waals surface area contributed by atoms with Crippen molar-refractivity contribution >= 4 is 33.8 Å². The maximum Gasteiger partial charge on any atom is 0.312 e. The summed E-state index contributed by atoms with van der Waals surface area (Å²) in [5.74, 6) is 6.01. The van der Waals surface area contributed by atoms with Gasteiger partial charge in [-0.2, -0.15) is 5.10 Å². The van der Waals surface area contributed by atoms with Crippen molar-refractivity contribution < 1.29 is 10.0 Å². The van der Waals surface area contributed by atoms with Crippen molar-refractivity contribution in [1.29, 1.82) is 0 Å². The molecule has 1 aromatic carbocycles. The largest absolute Gasteiger partial charge is 0.502 e. The first-order chi connectivity index (χ1) is 10.4. The molecule has 2 rings (SSSR count). The molecule has 11 heteroatoms. The van der Waals surface area contributed by atoms with Crippen molar-refractivity contribution in [3.63, 3.8) is 0 Å². The predicted octanol–water partition coefficient (Wildman–Crippen LogP) is 1.38. The average Bonchev–Trinajstić information content (AvgIpc) is 2.82. The number of aromatic nitrogens is 3. The zero-order chi connectivity index (χ0) is 16.3. The van der Waals surface area contributed by atoms with E-state index in [1.54, 1.807) is 0 Å². The van der Waals surface area contributed by atoms with Crippen molar-refractivity contribution in [2.24, 2.45) is 5.10 Å². The number of anilines is 1. The van der Waals surface area contributed by atoms with Gasteiger partial charge in [0.15, 0.2) is 5.82 Å². The number of hydrogen-bond acceptors (Lipinski definition) is 8. The number of hydrazone groups is 1. The van der Waals surface area contributed by atoms with Crippen molar-refractivity contribution in [3.8, 4) is 5.75 Å². The van der Waals surface area contributed by atoms with Crippen molar-refractivity contribution in [2.45, 2.75) is 13.3 Å². The monoisotopic (exact) mass is 369 g/mol. The second kappa shape index (κ2) is 6.39. The summed E-state index contributed by atoms with van der Waals surface area (Å²) in [5, 5.41) is 32.1. The molecule has 0 amide bonds. The number of halogens is 1. The van der Waals surface area contributed by atoms with Crippen LogP contribution in [0, 0.1) is 10.1 Å². The van der Waals surface area contributed by atoms with Gasteiger partial charge in [0.2, 0.25) is 5.75 Å². The van der Waals surface area contributed by atoms with E-state index in [9.17, 15) is 15.2 Å². The fraction of sp³-hybridized carbons (Fsp3) is 0.182. The van der Waals surface area contributed by atoms with E-state index in [1.165, 1.54) is 23.0 Å². The lowest BCUT2D eigenvalue weighted by molar-refractivity contribution is -0.385. The molecule has 4 N–H and O–H groups in total. The molecule has 0 spiro atoms. The Morgan fingerprint density at radius 1 is 1.59 bits per heavy atom. The van der Waals surface area contributed by atoms with Gasteiger partial charge in [-0.05, 0) is 6.07 Å². The Morgan fingerprint density at radius 2 is 2.32 bits per heavy atom. The first-order valence-corrected chi connectivity index (χ1v) is 6.88. The lowest BCUT2D eigenvalue weighted by atomic mass is 10.2. The Labute approximate surface area is 132 Å². The quantitative estimate of drug-likeness (QED) is 0.312. The molecule has 0 unspecified atom stereocenters. The summed E-state index contributed by atoms with van der Waals surface area (Å²) in [6, 6.07) is 2.68. The summed E-state index contributed by atoms with van der Waals surface area (Å²) in [6.07, 6.45) is 1.82. The maximum atomic E-state index is 10.8. The van der Waals surface area contributed by atoms with Gasteiger partial charge < -0.3 is 10.9 Å². The molecular formula is C11H12BrN7O3. The van der Waals surface area contributed by atoms with Crippen LogP contribution in [0.25, 0.3) is 0 Å². The number of nitrogens with zero attached hydrogens (tertiary/aromatic N) is 5. The molecule has 0 saturated heterocycles. The summed E-state index contributed by atoms with van der Waals surface area (Å²) in [6.45, 7) is 1.87. The Kier molecular flexibility index (Phi) is 4.56. The van der Waals surface area contributed by atoms with Crippen molar-refractivity contribution in [1.82, 2.24) is 14.9 Å². The van der Waals surface area contributed by atoms with Crippen LogP contribution < -0.4 is 11.3 Å². The lowest BCUT2D eigenvalue weighted by Crippen LogP contribution is -2.14. The highest BCUT2D eigenvalue weighted by molar-refractivity contribution is 9.10. The SMILES string of the molecule is CCc1nnc(N/N=C/c2cc(Br)cc([N+](=O)[O-])c2O)n1N. The molecule has 116 valence electrons. The molecule has 0 radical (unpaired) electrons. The number of phenolic OH excluding ortho intramolecular Hbond substituents is 1. The molecule has 1 aromatic heterocycles. The van der Waals surface area contributed by atoms with Gasteiger partial charge in [0.05, 0.1) is 11.1 Å². The Hall–Kier alpha value is -2.69. The van der Waals surface area contributed by atoms with Crippen LogP contribution in [-0.4, -0.2) is 31.1 Å². The number of aromatic hydroxyl groups is 1. The molecule has 0 saturated carbocycles. The summed E-state index contributed by atoms with van der Waals surface area (Å²) in [5.41, 5.74) is 2.28. The summed E-state index contributed by atoms with van der Waals surface area (Å²) in [4.78, 5) is 10.1. The van der Waals surface area contributed by atoms with Gasteiger partial charge in [-0.3, -0.25) is 10.1 Å².